The summed E-state index contributed by atoms with van der Waals surface area (Å²) >= 11 is 12.2. The second-order valence-corrected chi connectivity index (χ2v) is 2.30. The van der Waals surface area contributed by atoms with E-state index in [1.54, 1.807) is 0 Å². The van der Waals surface area contributed by atoms with E-state index in [1.807, 2.05) is 0 Å². The molecule has 0 heterocycles. The molecular formula is CH2O2S4. The zero-order chi connectivity index (χ0) is 5.70. The van der Waals surface area contributed by atoms with Crippen LogP contribution in [-0.2, 0) is 9.22 Å². The van der Waals surface area contributed by atoms with Crippen LogP contribution in [0.5, 0.6) is 0 Å². The molecule has 0 unspecified atom stereocenters. The van der Waals surface area contributed by atoms with Gasteiger partial charge in [-0.1, -0.05) is 24.3 Å². The molecule has 42 valence electrons. The van der Waals surface area contributed by atoms with Crippen LogP contribution in [0.3, 0.4) is 0 Å². The number of hydrogen-bond donors (Lipinski definition) is 2. The van der Waals surface area contributed by atoms with Crippen molar-refractivity contribution in [3.8, 4) is 0 Å². The van der Waals surface area contributed by atoms with E-state index in [9.17, 15) is 0 Å². The Bertz CT molecular complexity index is 62.7. The van der Waals surface area contributed by atoms with Crippen LogP contribution in [-0.4, -0.2) is 4.38 Å². The largest absolute Gasteiger partial charge is 0.305 e. The Morgan fingerprint density at radius 1 is 1.71 bits per heavy atom. The molecule has 0 rings (SSSR count). The molecule has 0 radical (unpaired) electrons. The number of hydrogen-bond acceptors (Lipinski definition) is 5. The zero-order valence-electron chi connectivity index (χ0n) is 3.03. The van der Waals surface area contributed by atoms with Gasteiger partial charge < -0.3 is 4.89 Å². The lowest BCUT2D eigenvalue weighted by Crippen LogP contribution is -1.85. The zero-order valence-corrected chi connectivity index (χ0v) is 6.45. The summed E-state index contributed by atoms with van der Waals surface area (Å²) in [7, 11) is 0. The molecule has 0 bridgehead atoms. The van der Waals surface area contributed by atoms with E-state index >= 15 is 0 Å². The lowest BCUT2D eigenvalue weighted by atomic mass is 11.7. The molecule has 0 spiro atoms. The van der Waals surface area contributed by atoms with Crippen LogP contribution in [0.25, 0.3) is 0 Å². The standard InChI is InChI=1S/CH2O2S4/c4-1(5)2-3-7-6/h6H,(H,4,5). The summed E-state index contributed by atoms with van der Waals surface area (Å²) < 4.78 is 4.20. The Kier molecular flexibility index (Phi) is 5.69. The second kappa shape index (κ2) is 5.04. The van der Waals surface area contributed by atoms with E-state index in [0.717, 1.165) is 11.1 Å². The molecule has 0 aliphatic carbocycles. The number of thiocarbonyl (C=S) groups is 1. The summed E-state index contributed by atoms with van der Waals surface area (Å²) in [5, 5.41) is 0. The molecule has 0 atom stereocenters. The van der Waals surface area contributed by atoms with Gasteiger partial charge in [0.15, 0.2) is 0 Å². The van der Waals surface area contributed by atoms with Crippen LogP contribution >= 0.6 is 47.6 Å². The van der Waals surface area contributed by atoms with Gasteiger partial charge in [0, 0.05) is 0 Å². The molecule has 0 aromatic rings. The maximum Gasteiger partial charge on any atom is 0.261 e. The first-order valence-electron chi connectivity index (χ1n) is 1.15. The molecule has 0 aromatic carbocycles. The minimum Gasteiger partial charge on any atom is -0.305 e. The van der Waals surface area contributed by atoms with E-state index in [-0.39, 0.29) is 4.38 Å². The SMILES string of the molecule is S=C(S)OOSS. The van der Waals surface area contributed by atoms with E-state index in [0.29, 0.717) is 0 Å². The van der Waals surface area contributed by atoms with Crippen molar-refractivity contribution in [1.82, 2.24) is 0 Å². The lowest BCUT2D eigenvalue weighted by molar-refractivity contribution is -0.0837. The Balaban J connectivity index is 2.82. The Morgan fingerprint density at radius 2 is 2.29 bits per heavy atom. The van der Waals surface area contributed by atoms with E-state index in [1.165, 1.54) is 0 Å². The first kappa shape index (κ1) is 7.90. The van der Waals surface area contributed by atoms with Gasteiger partial charge in [0.05, 0.1) is 0 Å². The van der Waals surface area contributed by atoms with E-state index < -0.39 is 0 Å². The quantitative estimate of drug-likeness (QED) is 0.165. The van der Waals surface area contributed by atoms with Crippen molar-refractivity contribution in [2.45, 2.75) is 0 Å². The summed E-state index contributed by atoms with van der Waals surface area (Å²) in [5.74, 6) is 0. The van der Waals surface area contributed by atoms with Crippen LogP contribution in [0.1, 0.15) is 0 Å². The van der Waals surface area contributed by atoms with Crippen LogP contribution in [0.15, 0.2) is 0 Å². The van der Waals surface area contributed by atoms with E-state index in [2.05, 4.69) is 45.7 Å². The minimum atomic E-state index is 0.0431. The number of thiol groups is 2. The van der Waals surface area contributed by atoms with Crippen LogP contribution in [0, 0.1) is 0 Å². The summed E-state index contributed by atoms with van der Waals surface area (Å²) in [6.07, 6.45) is 0. The van der Waals surface area contributed by atoms with Gasteiger partial charge in [-0.2, -0.15) is 0 Å². The molecular weight excluding hydrogens is 172 g/mol. The van der Waals surface area contributed by atoms with Gasteiger partial charge >= 0.3 is 0 Å². The average Bonchev–Trinajstić information content (AvgIpc) is 1.61. The molecule has 2 nitrogen and oxygen atoms in total. The van der Waals surface area contributed by atoms with Crippen molar-refractivity contribution < 1.29 is 9.22 Å². The predicted molar refractivity (Wildman–Crippen MR) is 40.3 cm³/mol. The van der Waals surface area contributed by atoms with Gasteiger partial charge in [0.2, 0.25) is 0 Å². The Hall–Kier alpha value is 0.900. The Morgan fingerprint density at radius 3 is 2.43 bits per heavy atom. The van der Waals surface area contributed by atoms with Gasteiger partial charge in [0.25, 0.3) is 4.38 Å². The van der Waals surface area contributed by atoms with Crippen LogP contribution in [0.2, 0.25) is 0 Å². The molecule has 0 N–H and O–H groups in total. The van der Waals surface area contributed by atoms with Crippen LogP contribution in [0.4, 0.5) is 0 Å². The molecule has 0 saturated heterocycles. The van der Waals surface area contributed by atoms with Gasteiger partial charge in [-0.3, -0.25) is 0 Å². The third-order valence-electron chi connectivity index (χ3n) is 0.136. The van der Waals surface area contributed by atoms with Crippen molar-refractivity contribution in [1.29, 1.82) is 0 Å². The maximum absolute atomic E-state index is 4.33. The number of rotatable bonds is 2. The molecule has 0 aliphatic heterocycles. The summed E-state index contributed by atoms with van der Waals surface area (Å²) in [6, 6.07) is 0. The van der Waals surface area contributed by atoms with Gasteiger partial charge in [-0.25, -0.2) is 0 Å². The molecule has 7 heavy (non-hydrogen) atoms. The summed E-state index contributed by atoms with van der Waals surface area (Å²) in [4.78, 5) is 4.17. The average molecular weight is 174 g/mol. The summed E-state index contributed by atoms with van der Waals surface area (Å²) in [5.41, 5.74) is 0. The third kappa shape index (κ3) is 6.90. The fourth-order valence-electron chi connectivity index (χ4n) is 0.0443. The third-order valence-corrected chi connectivity index (χ3v) is 0.590. The highest BCUT2D eigenvalue weighted by molar-refractivity contribution is 8.66. The predicted octanol–water partition coefficient (Wildman–Crippen LogP) is 1.64. The van der Waals surface area contributed by atoms with Gasteiger partial charge in [0.1, 0.15) is 11.1 Å². The molecule has 0 amide bonds. The lowest BCUT2D eigenvalue weighted by Gasteiger charge is -1.91. The smallest absolute Gasteiger partial charge is 0.261 e. The fourth-order valence-corrected chi connectivity index (χ4v) is 0.399. The molecule has 0 aliphatic rings. The minimum absolute atomic E-state index is 0.0431. The monoisotopic (exact) mass is 174 g/mol. The van der Waals surface area contributed by atoms with Crippen LogP contribution < -0.4 is 0 Å². The molecule has 0 saturated carbocycles. The van der Waals surface area contributed by atoms with Gasteiger partial charge in [-0.05, 0) is 12.2 Å². The van der Waals surface area contributed by atoms with Crippen molar-refractivity contribution in [2.24, 2.45) is 0 Å². The summed E-state index contributed by atoms with van der Waals surface area (Å²) in [6.45, 7) is 0. The second-order valence-electron chi connectivity index (χ2n) is 0.492. The maximum atomic E-state index is 4.33. The molecule has 0 fully saturated rings. The topological polar surface area (TPSA) is 18.5 Å². The fraction of sp³-hybridized carbons (Fsp3) is 0. The Labute approximate surface area is 61.3 Å². The van der Waals surface area contributed by atoms with Crippen molar-refractivity contribution in [2.75, 3.05) is 0 Å². The highest BCUT2D eigenvalue weighted by Crippen LogP contribution is 2.07. The van der Waals surface area contributed by atoms with Crippen molar-refractivity contribution >= 4 is 52.0 Å². The first-order valence-corrected chi connectivity index (χ1v) is 3.80. The first-order chi connectivity index (χ1) is 3.27. The van der Waals surface area contributed by atoms with Crippen molar-refractivity contribution in [3.05, 3.63) is 0 Å². The highest BCUT2D eigenvalue weighted by Gasteiger charge is 1.85. The van der Waals surface area contributed by atoms with Crippen molar-refractivity contribution in [3.63, 3.8) is 0 Å². The highest BCUT2D eigenvalue weighted by atomic mass is 33.1. The normalized spacial score (nSPS) is 8.29. The van der Waals surface area contributed by atoms with Gasteiger partial charge in [-0.15, -0.1) is 4.33 Å². The molecule has 6 heteroatoms. The molecule has 0 aromatic heterocycles. The van der Waals surface area contributed by atoms with E-state index in [4.69, 9.17) is 0 Å².